The predicted octanol–water partition coefficient (Wildman–Crippen LogP) is 2.81. The van der Waals surface area contributed by atoms with Crippen LogP contribution >= 0.6 is 0 Å². The van der Waals surface area contributed by atoms with Gasteiger partial charge in [0.2, 0.25) is 5.91 Å². The van der Waals surface area contributed by atoms with E-state index in [9.17, 15) is 9.59 Å². The highest BCUT2D eigenvalue weighted by atomic mass is 16.2. The second-order valence-electron chi connectivity index (χ2n) is 8.73. The van der Waals surface area contributed by atoms with E-state index in [4.69, 9.17) is 4.98 Å². The summed E-state index contributed by atoms with van der Waals surface area (Å²) >= 11 is 0. The van der Waals surface area contributed by atoms with Gasteiger partial charge in [-0.05, 0) is 37.7 Å². The van der Waals surface area contributed by atoms with Gasteiger partial charge in [-0.1, -0.05) is 49.6 Å². The Morgan fingerprint density at radius 2 is 1.93 bits per heavy atom. The van der Waals surface area contributed by atoms with Gasteiger partial charge in [0.15, 0.2) is 0 Å². The zero-order valence-corrected chi connectivity index (χ0v) is 17.9. The van der Waals surface area contributed by atoms with Crippen LogP contribution in [0.3, 0.4) is 0 Å². The summed E-state index contributed by atoms with van der Waals surface area (Å²) in [5, 5.41) is 3.04. The number of hydrogen-bond donors (Lipinski definition) is 1. The van der Waals surface area contributed by atoms with Crippen LogP contribution in [0.25, 0.3) is 0 Å². The highest BCUT2D eigenvalue weighted by molar-refractivity contribution is 5.75. The maximum Gasteiger partial charge on any atom is 0.257 e. The third-order valence-electron chi connectivity index (χ3n) is 6.45. The van der Waals surface area contributed by atoms with E-state index in [2.05, 4.69) is 22.3 Å². The van der Waals surface area contributed by atoms with Crippen molar-refractivity contribution >= 4 is 5.91 Å². The lowest BCUT2D eigenvalue weighted by Gasteiger charge is -2.28. The van der Waals surface area contributed by atoms with Gasteiger partial charge in [-0.2, -0.15) is 0 Å². The van der Waals surface area contributed by atoms with Crippen LogP contribution in [0.1, 0.15) is 54.7 Å². The Hall–Kier alpha value is -2.47. The van der Waals surface area contributed by atoms with E-state index in [1.54, 1.807) is 4.57 Å². The predicted molar refractivity (Wildman–Crippen MR) is 117 cm³/mol. The van der Waals surface area contributed by atoms with E-state index in [-0.39, 0.29) is 18.0 Å². The number of aromatic nitrogens is 2. The molecule has 1 aromatic heterocycles. The molecule has 1 aromatic carbocycles. The topological polar surface area (TPSA) is 67.2 Å². The highest BCUT2D eigenvalue weighted by Gasteiger charge is 2.23. The molecular weight excluding hydrogens is 376 g/mol. The minimum atomic E-state index is -0.0889. The number of rotatable bonds is 6. The average Bonchev–Trinajstić information content (AvgIpc) is 2.76. The van der Waals surface area contributed by atoms with Gasteiger partial charge < -0.3 is 5.32 Å². The summed E-state index contributed by atoms with van der Waals surface area (Å²) in [7, 11) is 0. The van der Waals surface area contributed by atoms with Crippen molar-refractivity contribution < 1.29 is 4.79 Å². The number of fused-ring (bicyclic) bond motifs is 1. The largest absolute Gasteiger partial charge is 0.354 e. The maximum atomic E-state index is 13.1. The lowest BCUT2D eigenvalue weighted by molar-refractivity contribution is -0.122. The van der Waals surface area contributed by atoms with Crippen molar-refractivity contribution in [2.75, 3.05) is 13.1 Å². The molecule has 0 unspecified atom stereocenters. The van der Waals surface area contributed by atoms with Gasteiger partial charge in [0.1, 0.15) is 12.4 Å². The van der Waals surface area contributed by atoms with Crippen molar-refractivity contribution in [2.24, 2.45) is 5.92 Å². The quantitative estimate of drug-likeness (QED) is 0.798. The van der Waals surface area contributed by atoms with Crippen molar-refractivity contribution in [2.45, 2.75) is 65.1 Å². The average molecular weight is 409 g/mol. The molecule has 0 spiro atoms. The number of amides is 1. The lowest BCUT2D eigenvalue weighted by Crippen LogP contribution is -2.41. The molecule has 0 bridgehead atoms. The Balaban J connectivity index is 1.40. The van der Waals surface area contributed by atoms with Crippen LogP contribution < -0.4 is 10.9 Å². The van der Waals surface area contributed by atoms with Crippen LogP contribution in [0.15, 0.2) is 35.1 Å². The lowest BCUT2D eigenvalue weighted by atomic mass is 9.89. The van der Waals surface area contributed by atoms with E-state index in [1.807, 2.05) is 25.1 Å². The number of hydrogen-bond acceptors (Lipinski definition) is 4. The summed E-state index contributed by atoms with van der Waals surface area (Å²) in [6.07, 6.45) is 6.89. The third-order valence-corrected chi connectivity index (χ3v) is 6.45. The van der Waals surface area contributed by atoms with Gasteiger partial charge in [0.25, 0.3) is 5.56 Å². The molecule has 0 atom stereocenters. The molecule has 4 rings (SSSR count). The van der Waals surface area contributed by atoms with Crippen LogP contribution in [0.5, 0.6) is 0 Å². The molecule has 1 aliphatic heterocycles. The summed E-state index contributed by atoms with van der Waals surface area (Å²) in [6.45, 7) is 4.97. The number of carbonyl (C=O) groups is 1. The Morgan fingerprint density at radius 1 is 1.17 bits per heavy atom. The first-order valence-corrected chi connectivity index (χ1v) is 11.2. The molecule has 1 fully saturated rings. The normalized spacial score (nSPS) is 17.5. The molecule has 2 aromatic rings. The second kappa shape index (κ2) is 9.56. The van der Waals surface area contributed by atoms with Gasteiger partial charge in [-0.25, -0.2) is 4.98 Å². The Bertz CT molecular complexity index is 932. The van der Waals surface area contributed by atoms with Gasteiger partial charge >= 0.3 is 0 Å². The standard InChI is InChI=1S/C24H32N4O2/c1-18-26-22-16-27(15-20-10-6-3-7-11-20)13-12-21(22)24(30)28(18)17-23(29)25-14-19-8-4-2-5-9-19/h3,6-7,10-11,19H,2,4-5,8-9,12-17H2,1H3,(H,25,29). The van der Waals surface area contributed by atoms with Crippen molar-refractivity contribution in [3.8, 4) is 0 Å². The summed E-state index contributed by atoms with van der Waals surface area (Å²) < 4.78 is 1.54. The van der Waals surface area contributed by atoms with E-state index in [1.165, 1.54) is 37.7 Å². The molecule has 0 saturated heterocycles. The molecule has 1 N–H and O–H groups in total. The first-order chi connectivity index (χ1) is 14.6. The Labute approximate surface area is 178 Å². The number of nitrogens with one attached hydrogen (secondary N) is 1. The molecule has 1 saturated carbocycles. The molecule has 1 aliphatic carbocycles. The summed E-state index contributed by atoms with van der Waals surface area (Å²) in [4.78, 5) is 32.6. The van der Waals surface area contributed by atoms with Gasteiger partial charge in [-0.3, -0.25) is 19.1 Å². The van der Waals surface area contributed by atoms with Crippen molar-refractivity contribution in [1.29, 1.82) is 0 Å². The fourth-order valence-electron chi connectivity index (χ4n) is 4.71. The number of carbonyl (C=O) groups excluding carboxylic acids is 1. The Kier molecular flexibility index (Phi) is 6.62. The van der Waals surface area contributed by atoms with E-state index in [0.717, 1.165) is 30.9 Å². The van der Waals surface area contributed by atoms with Crippen LogP contribution in [0.4, 0.5) is 0 Å². The minimum absolute atomic E-state index is 0.0512. The molecule has 6 heteroatoms. The molecule has 160 valence electrons. The molecular formula is C24H32N4O2. The molecule has 2 heterocycles. The molecule has 0 radical (unpaired) electrons. The SMILES string of the molecule is Cc1nc2c(c(=O)n1CC(=O)NCC1CCCCC1)CCN(Cc1ccccc1)C2. The van der Waals surface area contributed by atoms with Crippen LogP contribution in [0, 0.1) is 12.8 Å². The van der Waals surface area contributed by atoms with Crippen molar-refractivity contribution in [3.63, 3.8) is 0 Å². The molecule has 6 nitrogen and oxygen atoms in total. The van der Waals surface area contributed by atoms with E-state index in [0.29, 0.717) is 24.7 Å². The summed E-state index contributed by atoms with van der Waals surface area (Å²) in [5.74, 6) is 1.11. The molecule has 1 amide bonds. The summed E-state index contributed by atoms with van der Waals surface area (Å²) in [5.41, 5.74) is 2.84. The smallest absolute Gasteiger partial charge is 0.257 e. The van der Waals surface area contributed by atoms with E-state index < -0.39 is 0 Å². The van der Waals surface area contributed by atoms with Crippen LogP contribution in [-0.4, -0.2) is 33.4 Å². The van der Waals surface area contributed by atoms with Crippen molar-refractivity contribution in [1.82, 2.24) is 19.8 Å². The fourth-order valence-corrected chi connectivity index (χ4v) is 4.71. The van der Waals surface area contributed by atoms with Crippen molar-refractivity contribution in [3.05, 3.63) is 63.3 Å². The van der Waals surface area contributed by atoms with Gasteiger partial charge in [0.05, 0.1) is 5.69 Å². The Morgan fingerprint density at radius 3 is 2.70 bits per heavy atom. The first kappa shape index (κ1) is 20.8. The van der Waals surface area contributed by atoms with Crippen LogP contribution in [0.2, 0.25) is 0 Å². The van der Waals surface area contributed by atoms with Gasteiger partial charge in [0, 0.05) is 31.7 Å². The second-order valence-corrected chi connectivity index (χ2v) is 8.73. The highest BCUT2D eigenvalue weighted by Crippen LogP contribution is 2.22. The number of aryl methyl sites for hydroxylation is 1. The van der Waals surface area contributed by atoms with Crippen LogP contribution in [-0.2, 0) is 30.8 Å². The number of nitrogens with zero attached hydrogens (tertiary/aromatic N) is 3. The van der Waals surface area contributed by atoms with E-state index >= 15 is 0 Å². The summed E-state index contributed by atoms with van der Waals surface area (Å²) in [6, 6.07) is 10.4. The monoisotopic (exact) mass is 408 g/mol. The van der Waals surface area contributed by atoms with Gasteiger partial charge in [-0.15, -0.1) is 0 Å². The molecule has 2 aliphatic rings. The zero-order chi connectivity index (χ0) is 20.9. The first-order valence-electron chi connectivity index (χ1n) is 11.2. The zero-order valence-electron chi connectivity index (χ0n) is 17.9. The maximum absolute atomic E-state index is 13.1. The minimum Gasteiger partial charge on any atom is -0.354 e. The fraction of sp³-hybridized carbons (Fsp3) is 0.542. The third kappa shape index (κ3) is 4.98. The molecule has 30 heavy (non-hydrogen) atoms. The number of benzene rings is 1.